The minimum absolute atomic E-state index is 0.0349. The standard InChI is InChI=1S/C17H18FN3O5S/c1-11(2)20(3)27(25,26)14-7-4-12(5-8-14)17(22)19-13-6-9-15(18)16(10-13)21(23)24/h4-11H,1-3H3,(H,19,22). The minimum atomic E-state index is -3.67. The van der Waals surface area contributed by atoms with E-state index in [2.05, 4.69) is 5.32 Å². The minimum Gasteiger partial charge on any atom is -0.322 e. The maximum Gasteiger partial charge on any atom is 0.306 e. The zero-order valence-electron chi connectivity index (χ0n) is 14.8. The Hall–Kier alpha value is -2.85. The van der Waals surface area contributed by atoms with E-state index >= 15 is 0 Å². The van der Waals surface area contributed by atoms with Crippen LogP contribution in [0.3, 0.4) is 0 Å². The van der Waals surface area contributed by atoms with Gasteiger partial charge in [-0.1, -0.05) is 0 Å². The quantitative estimate of drug-likeness (QED) is 0.597. The van der Waals surface area contributed by atoms with Gasteiger partial charge in [-0.15, -0.1) is 0 Å². The second-order valence-electron chi connectivity index (χ2n) is 6.02. The normalized spacial score (nSPS) is 11.6. The first kappa shape index (κ1) is 20.5. The van der Waals surface area contributed by atoms with E-state index in [1.165, 1.54) is 41.7 Å². The highest BCUT2D eigenvalue weighted by Gasteiger charge is 2.23. The third-order valence-electron chi connectivity index (χ3n) is 3.92. The van der Waals surface area contributed by atoms with E-state index in [1.54, 1.807) is 13.8 Å². The van der Waals surface area contributed by atoms with E-state index in [-0.39, 0.29) is 22.2 Å². The molecule has 27 heavy (non-hydrogen) atoms. The van der Waals surface area contributed by atoms with Gasteiger partial charge in [0.15, 0.2) is 0 Å². The van der Waals surface area contributed by atoms with Crippen LogP contribution in [0, 0.1) is 15.9 Å². The largest absolute Gasteiger partial charge is 0.322 e. The van der Waals surface area contributed by atoms with Crippen LogP contribution in [0.25, 0.3) is 0 Å². The summed E-state index contributed by atoms with van der Waals surface area (Å²) in [5.74, 6) is -1.63. The summed E-state index contributed by atoms with van der Waals surface area (Å²) >= 11 is 0. The summed E-state index contributed by atoms with van der Waals surface area (Å²) < 4.78 is 39.4. The van der Waals surface area contributed by atoms with Crippen molar-refractivity contribution in [3.8, 4) is 0 Å². The summed E-state index contributed by atoms with van der Waals surface area (Å²) in [5, 5.41) is 13.2. The number of amides is 1. The molecule has 1 amide bonds. The first-order valence-corrected chi connectivity index (χ1v) is 9.31. The fourth-order valence-corrected chi connectivity index (χ4v) is 3.52. The van der Waals surface area contributed by atoms with Crippen LogP contribution < -0.4 is 5.32 Å². The smallest absolute Gasteiger partial charge is 0.306 e. The fourth-order valence-electron chi connectivity index (χ4n) is 2.16. The number of benzene rings is 2. The van der Waals surface area contributed by atoms with E-state index < -0.39 is 32.4 Å². The molecule has 0 fully saturated rings. The number of sulfonamides is 1. The van der Waals surface area contributed by atoms with Gasteiger partial charge in [-0.25, -0.2) is 8.42 Å². The van der Waals surface area contributed by atoms with E-state index in [1.807, 2.05) is 0 Å². The van der Waals surface area contributed by atoms with E-state index in [9.17, 15) is 27.7 Å². The first-order chi connectivity index (χ1) is 12.5. The van der Waals surface area contributed by atoms with Crippen molar-refractivity contribution >= 4 is 27.3 Å². The zero-order chi connectivity index (χ0) is 20.4. The van der Waals surface area contributed by atoms with Gasteiger partial charge in [0.05, 0.1) is 9.82 Å². The van der Waals surface area contributed by atoms with Gasteiger partial charge in [0, 0.05) is 30.4 Å². The fraction of sp³-hybridized carbons (Fsp3) is 0.235. The summed E-state index contributed by atoms with van der Waals surface area (Å²) in [4.78, 5) is 22.1. The van der Waals surface area contributed by atoms with Crippen molar-refractivity contribution in [1.29, 1.82) is 0 Å². The van der Waals surface area contributed by atoms with Crippen LogP contribution in [0.4, 0.5) is 15.8 Å². The van der Waals surface area contributed by atoms with E-state index in [0.29, 0.717) is 0 Å². The molecule has 10 heteroatoms. The van der Waals surface area contributed by atoms with Crippen molar-refractivity contribution < 1.29 is 22.5 Å². The second-order valence-corrected chi connectivity index (χ2v) is 8.01. The molecule has 2 aromatic carbocycles. The molecule has 8 nitrogen and oxygen atoms in total. The molecular weight excluding hydrogens is 377 g/mol. The Morgan fingerprint density at radius 2 is 1.78 bits per heavy atom. The van der Waals surface area contributed by atoms with Crippen LogP contribution in [-0.2, 0) is 10.0 Å². The topological polar surface area (TPSA) is 110 Å². The average Bonchev–Trinajstić information content (AvgIpc) is 2.62. The Morgan fingerprint density at radius 3 is 2.30 bits per heavy atom. The van der Waals surface area contributed by atoms with Gasteiger partial charge in [-0.3, -0.25) is 14.9 Å². The molecule has 0 saturated carbocycles. The van der Waals surface area contributed by atoms with Gasteiger partial charge in [0.1, 0.15) is 0 Å². The number of anilines is 1. The molecule has 0 radical (unpaired) electrons. The Kier molecular flexibility index (Phi) is 5.91. The van der Waals surface area contributed by atoms with E-state index in [4.69, 9.17) is 0 Å². The number of nitro groups is 1. The number of carbonyl (C=O) groups excluding carboxylic acids is 1. The van der Waals surface area contributed by atoms with Crippen molar-refractivity contribution in [3.05, 3.63) is 64.0 Å². The maximum atomic E-state index is 13.3. The van der Waals surface area contributed by atoms with Crippen molar-refractivity contribution in [2.24, 2.45) is 0 Å². The molecule has 0 bridgehead atoms. The molecule has 2 aromatic rings. The summed E-state index contributed by atoms with van der Waals surface area (Å²) in [6, 6.07) is 8.01. The molecule has 0 aliphatic carbocycles. The Morgan fingerprint density at radius 1 is 1.19 bits per heavy atom. The number of rotatable bonds is 6. The van der Waals surface area contributed by atoms with E-state index in [0.717, 1.165) is 12.1 Å². The number of carbonyl (C=O) groups is 1. The molecule has 0 saturated heterocycles. The monoisotopic (exact) mass is 395 g/mol. The van der Waals surface area contributed by atoms with Crippen LogP contribution >= 0.6 is 0 Å². The zero-order valence-corrected chi connectivity index (χ0v) is 15.7. The summed E-state index contributed by atoms with van der Waals surface area (Å²) in [6.07, 6.45) is 0. The molecule has 1 N–H and O–H groups in total. The predicted molar refractivity (Wildman–Crippen MR) is 97.5 cm³/mol. The molecule has 0 aliphatic heterocycles. The average molecular weight is 395 g/mol. The lowest BCUT2D eigenvalue weighted by Gasteiger charge is -2.21. The van der Waals surface area contributed by atoms with Gasteiger partial charge >= 0.3 is 5.69 Å². The molecule has 0 atom stereocenters. The Balaban J connectivity index is 2.22. The molecular formula is C17H18FN3O5S. The van der Waals surface area contributed by atoms with Gasteiger partial charge in [-0.2, -0.15) is 8.70 Å². The van der Waals surface area contributed by atoms with Crippen LogP contribution in [0.15, 0.2) is 47.4 Å². The molecule has 144 valence electrons. The lowest BCUT2D eigenvalue weighted by atomic mass is 10.2. The summed E-state index contributed by atoms with van der Waals surface area (Å²) in [5.41, 5.74) is -0.566. The highest BCUT2D eigenvalue weighted by Crippen LogP contribution is 2.22. The van der Waals surface area contributed by atoms with Gasteiger partial charge in [0.2, 0.25) is 15.8 Å². The van der Waals surface area contributed by atoms with Crippen molar-refractivity contribution in [1.82, 2.24) is 4.31 Å². The third-order valence-corrected chi connectivity index (χ3v) is 5.97. The molecule has 0 aliphatic rings. The number of halogens is 1. The van der Waals surface area contributed by atoms with Crippen molar-refractivity contribution in [3.63, 3.8) is 0 Å². The highest BCUT2D eigenvalue weighted by molar-refractivity contribution is 7.89. The Labute approximate surface area is 155 Å². The van der Waals surface area contributed by atoms with Crippen LogP contribution in [0.5, 0.6) is 0 Å². The molecule has 0 aromatic heterocycles. The van der Waals surface area contributed by atoms with Gasteiger partial charge in [0.25, 0.3) is 5.91 Å². The summed E-state index contributed by atoms with van der Waals surface area (Å²) in [7, 11) is -2.21. The molecule has 0 heterocycles. The third kappa shape index (κ3) is 4.47. The molecule has 2 rings (SSSR count). The maximum absolute atomic E-state index is 13.3. The van der Waals surface area contributed by atoms with Crippen LogP contribution in [0.1, 0.15) is 24.2 Å². The van der Waals surface area contributed by atoms with Crippen molar-refractivity contribution in [2.75, 3.05) is 12.4 Å². The van der Waals surface area contributed by atoms with Crippen LogP contribution in [0.2, 0.25) is 0 Å². The van der Waals surface area contributed by atoms with Gasteiger partial charge in [-0.05, 0) is 50.2 Å². The number of nitrogens with zero attached hydrogens (tertiary/aromatic N) is 2. The van der Waals surface area contributed by atoms with Gasteiger partial charge < -0.3 is 5.32 Å². The van der Waals surface area contributed by atoms with Crippen LogP contribution in [-0.4, -0.2) is 36.6 Å². The number of hydrogen-bond donors (Lipinski definition) is 1. The lowest BCUT2D eigenvalue weighted by molar-refractivity contribution is -0.387. The molecule has 0 spiro atoms. The SMILES string of the molecule is CC(C)N(C)S(=O)(=O)c1ccc(C(=O)Nc2ccc(F)c([N+](=O)[O-])c2)cc1. The Bertz CT molecular complexity index is 975. The van der Waals surface area contributed by atoms with Crippen molar-refractivity contribution in [2.45, 2.75) is 24.8 Å². The number of nitrogens with one attached hydrogen (secondary N) is 1. The lowest BCUT2D eigenvalue weighted by Crippen LogP contribution is -2.33. The predicted octanol–water partition coefficient (Wildman–Crippen LogP) is 3.02. The second kappa shape index (κ2) is 7.80. The molecule has 0 unspecified atom stereocenters. The number of nitro benzene ring substituents is 1. The summed E-state index contributed by atoms with van der Waals surface area (Å²) in [6.45, 7) is 3.47. The highest BCUT2D eigenvalue weighted by atomic mass is 32.2. The number of hydrogen-bond acceptors (Lipinski definition) is 5. The first-order valence-electron chi connectivity index (χ1n) is 7.87.